The van der Waals surface area contributed by atoms with Gasteiger partial charge in [0, 0.05) is 12.8 Å². The molecule has 0 fully saturated rings. The molecule has 0 bridgehead atoms. The number of carbonyl (C=O) groups excluding carboxylic acids is 2. The van der Waals surface area contributed by atoms with E-state index in [-0.39, 0.29) is 25.7 Å². The molecule has 12 heteroatoms. The summed E-state index contributed by atoms with van der Waals surface area (Å²) in [5.41, 5.74) is 0. The molecule has 0 spiro atoms. The second-order valence-corrected chi connectivity index (χ2v) is 12.6. The topological polar surface area (TPSA) is 180 Å². The number of carbonyl (C=O) groups is 2. The summed E-state index contributed by atoms with van der Waals surface area (Å²) < 4.78 is 26.0. The molecule has 0 amide bonds. The normalized spacial score (nSPS) is 15.3. The standard InChI is InChI=1S/C35H59O11P/c1-3-5-7-8-9-10-11-16-20-26-35(40)46-31(29-45-47(41,42)43)28-44-34(39)27-21-25-33(38)32(37)24-19-15-13-12-14-18-23-30(36)22-17-6-4-2/h6,12-15,17-19,23-24,30-33,36-38H,3-5,7-11,16,20-22,25-29H2,1-2H3,(H2,41,42,43)/b14-12+,15-13-,17-6-,23-18+,24-19-/t30-,31-,32+,33+/m1/s1. The van der Waals surface area contributed by atoms with E-state index in [9.17, 15) is 29.5 Å². The molecule has 0 aliphatic rings. The van der Waals surface area contributed by atoms with E-state index in [4.69, 9.17) is 19.3 Å². The number of phosphoric ester groups is 1. The molecule has 0 radical (unpaired) electrons. The molecule has 0 aromatic heterocycles. The van der Waals surface area contributed by atoms with Gasteiger partial charge in [0.05, 0.1) is 24.9 Å². The van der Waals surface area contributed by atoms with Crippen LogP contribution in [-0.2, 0) is 28.2 Å². The fourth-order valence-electron chi connectivity index (χ4n) is 4.24. The summed E-state index contributed by atoms with van der Waals surface area (Å²) in [5.74, 6) is -1.23. The van der Waals surface area contributed by atoms with Crippen LogP contribution < -0.4 is 0 Å². The lowest BCUT2D eigenvalue weighted by Gasteiger charge is -2.18. The van der Waals surface area contributed by atoms with Crippen molar-refractivity contribution in [1.82, 2.24) is 0 Å². The Kier molecular flexibility index (Phi) is 28.2. The van der Waals surface area contributed by atoms with Crippen molar-refractivity contribution in [1.29, 1.82) is 0 Å². The minimum Gasteiger partial charge on any atom is -0.462 e. The summed E-state index contributed by atoms with van der Waals surface area (Å²) in [6.45, 7) is 3.13. The van der Waals surface area contributed by atoms with Gasteiger partial charge in [-0.25, -0.2) is 4.57 Å². The predicted molar refractivity (Wildman–Crippen MR) is 183 cm³/mol. The largest absolute Gasteiger partial charge is 0.469 e. The minimum absolute atomic E-state index is 0.0895. The monoisotopic (exact) mass is 686 g/mol. The number of hydrogen-bond acceptors (Lipinski definition) is 9. The fourth-order valence-corrected chi connectivity index (χ4v) is 4.60. The van der Waals surface area contributed by atoms with Gasteiger partial charge >= 0.3 is 19.8 Å². The first-order valence-corrected chi connectivity index (χ1v) is 18.4. The molecule has 0 aliphatic heterocycles. The van der Waals surface area contributed by atoms with E-state index in [2.05, 4.69) is 11.4 Å². The van der Waals surface area contributed by atoms with Gasteiger partial charge in [-0.2, -0.15) is 0 Å². The summed E-state index contributed by atoms with van der Waals surface area (Å²) in [4.78, 5) is 42.5. The first-order chi connectivity index (χ1) is 22.5. The fraction of sp³-hybridized carbons (Fsp3) is 0.657. The van der Waals surface area contributed by atoms with Crippen molar-refractivity contribution in [2.75, 3.05) is 13.2 Å². The Labute approximate surface area is 281 Å². The van der Waals surface area contributed by atoms with Gasteiger partial charge in [0.1, 0.15) is 6.61 Å². The maximum Gasteiger partial charge on any atom is 0.469 e. The van der Waals surface area contributed by atoms with Crippen molar-refractivity contribution in [2.45, 2.75) is 135 Å². The van der Waals surface area contributed by atoms with E-state index in [1.807, 2.05) is 19.1 Å². The Hall–Kier alpha value is -2.37. The highest BCUT2D eigenvalue weighted by Crippen LogP contribution is 2.35. The Morgan fingerprint density at radius 1 is 0.702 bits per heavy atom. The van der Waals surface area contributed by atoms with Crippen molar-refractivity contribution in [3.8, 4) is 0 Å². The molecule has 0 saturated heterocycles. The quantitative estimate of drug-likeness (QED) is 0.0196. The van der Waals surface area contributed by atoms with Crippen molar-refractivity contribution < 1.29 is 53.3 Å². The van der Waals surface area contributed by atoms with Gasteiger partial charge in [0.2, 0.25) is 0 Å². The van der Waals surface area contributed by atoms with Crippen LogP contribution in [0.2, 0.25) is 0 Å². The van der Waals surface area contributed by atoms with Gasteiger partial charge in [-0.3, -0.25) is 14.1 Å². The first-order valence-electron chi connectivity index (χ1n) is 16.9. The molecule has 11 nitrogen and oxygen atoms in total. The van der Waals surface area contributed by atoms with E-state index in [1.165, 1.54) is 38.2 Å². The smallest absolute Gasteiger partial charge is 0.462 e. The number of aliphatic hydroxyl groups is 3. The third-order valence-corrected chi connectivity index (χ3v) is 7.38. The summed E-state index contributed by atoms with van der Waals surface area (Å²) >= 11 is 0. The van der Waals surface area contributed by atoms with Gasteiger partial charge in [-0.05, 0) is 32.1 Å². The van der Waals surface area contributed by atoms with Crippen LogP contribution in [0.4, 0.5) is 0 Å². The van der Waals surface area contributed by atoms with Gasteiger partial charge in [0.25, 0.3) is 0 Å². The Morgan fingerprint density at radius 2 is 1.28 bits per heavy atom. The minimum atomic E-state index is -4.83. The summed E-state index contributed by atoms with van der Waals surface area (Å²) in [6, 6.07) is 0. The van der Waals surface area contributed by atoms with Crippen LogP contribution in [-0.4, -0.2) is 74.7 Å². The maximum absolute atomic E-state index is 12.3. The van der Waals surface area contributed by atoms with Crippen molar-refractivity contribution in [3.05, 3.63) is 60.8 Å². The number of ether oxygens (including phenoxy) is 2. The van der Waals surface area contributed by atoms with Crippen molar-refractivity contribution >= 4 is 19.8 Å². The number of esters is 2. The van der Waals surface area contributed by atoms with Crippen LogP contribution in [0.5, 0.6) is 0 Å². The lowest BCUT2D eigenvalue weighted by atomic mass is 10.1. The SMILES string of the molecule is CC/C=C\C[C@@H](O)/C=C/C=C/C=C\C=C/[C@H](O)[C@@H](O)CCCC(=O)OC[C@H](COP(=O)(O)O)OC(=O)CCCCCCCCCCC. The maximum atomic E-state index is 12.3. The summed E-state index contributed by atoms with van der Waals surface area (Å²) in [5, 5.41) is 30.1. The molecule has 0 aromatic carbocycles. The summed E-state index contributed by atoms with van der Waals surface area (Å²) in [7, 11) is -4.83. The zero-order valence-electron chi connectivity index (χ0n) is 28.2. The number of aliphatic hydroxyl groups excluding tert-OH is 3. The molecular weight excluding hydrogens is 627 g/mol. The number of unbranched alkanes of at least 4 members (excludes halogenated alkanes) is 8. The van der Waals surface area contributed by atoms with Crippen LogP contribution in [0.25, 0.3) is 0 Å². The van der Waals surface area contributed by atoms with Gasteiger partial charge in [-0.1, -0.05) is 126 Å². The van der Waals surface area contributed by atoms with E-state index < -0.39 is 57.4 Å². The summed E-state index contributed by atoms with van der Waals surface area (Å²) in [6.07, 6.45) is 24.9. The van der Waals surface area contributed by atoms with Crippen LogP contribution in [0, 0.1) is 0 Å². The van der Waals surface area contributed by atoms with Crippen LogP contribution >= 0.6 is 7.82 Å². The van der Waals surface area contributed by atoms with Crippen LogP contribution in [0.15, 0.2) is 60.8 Å². The zero-order valence-corrected chi connectivity index (χ0v) is 29.1. The Bertz CT molecular complexity index is 999. The highest BCUT2D eigenvalue weighted by molar-refractivity contribution is 7.46. The molecule has 270 valence electrons. The Morgan fingerprint density at radius 3 is 1.89 bits per heavy atom. The third-order valence-electron chi connectivity index (χ3n) is 6.89. The van der Waals surface area contributed by atoms with Gasteiger partial charge in [0.15, 0.2) is 6.10 Å². The number of hydrogen-bond donors (Lipinski definition) is 5. The molecule has 0 unspecified atom stereocenters. The lowest BCUT2D eigenvalue weighted by Crippen LogP contribution is -2.29. The van der Waals surface area contributed by atoms with Gasteiger partial charge < -0.3 is 34.6 Å². The van der Waals surface area contributed by atoms with Crippen molar-refractivity contribution in [2.24, 2.45) is 0 Å². The molecule has 4 atom stereocenters. The average Bonchev–Trinajstić information content (AvgIpc) is 3.02. The van der Waals surface area contributed by atoms with Crippen molar-refractivity contribution in [3.63, 3.8) is 0 Å². The molecule has 0 rings (SSSR count). The molecule has 0 aromatic rings. The van der Waals surface area contributed by atoms with Gasteiger partial charge in [-0.15, -0.1) is 0 Å². The number of phosphoric acid groups is 1. The third kappa shape index (κ3) is 30.7. The molecule has 0 saturated carbocycles. The molecule has 5 N–H and O–H groups in total. The van der Waals surface area contributed by atoms with Crippen LogP contribution in [0.3, 0.4) is 0 Å². The Balaban J connectivity index is 4.41. The molecule has 0 heterocycles. The van der Waals surface area contributed by atoms with E-state index in [1.54, 1.807) is 42.5 Å². The second kappa shape index (κ2) is 29.7. The highest BCUT2D eigenvalue weighted by Gasteiger charge is 2.23. The predicted octanol–water partition coefficient (Wildman–Crippen LogP) is 6.31. The number of rotatable bonds is 29. The van der Waals surface area contributed by atoms with E-state index in [0.29, 0.717) is 12.8 Å². The van der Waals surface area contributed by atoms with E-state index in [0.717, 1.165) is 25.7 Å². The highest BCUT2D eigenvalue weighted by atomic mass is 31.2. The van der Waals surface area contributed by atoms with E-state index >= 15 is 0 Å². The zero-order chi connectivity index (χ0) is 35.2. The van der Waals surface area contributed by atoms with Crippen LogP contribution in [0.1, 0.15) is 110 Å². The molecule has 0 aliphatic carbocycles. The lowest BCUT2D eigenvalue weighted by molar-refractivity contribution is -0.161. The molecule has 47 heavy (non-hydrogen) atoms. The molecular formula is C35H59O11P. The number of allylic oxidation sites excluding steroid dienone is 7. The first kappa shape index (κ1) is 44.6. The average molecular weight is 687 g/mol. The second-order valence-electron chi connectivity index (χ2n) is 11.3.